The summed E-state index contributed by atoms with van der Waals surface area (Å²) in [6.45, 7) is 6.80. The molecule has 2 bridgehead atoms. The van der Waals surface area contributed by atoms with Gasteiger partial charge in [-0.25, -0.2) is 4.98 Å². The average molecular weight is 914 g/mol. The van der Waals surface area contributed by atoms with Crippen molar-refractivity contribution in [1.82, 2.24) is 14.1 Å². The molecule has 0 saturated carbocycles. The van der Waals surface area contributed by atoms with Crippen molar-refractivity contribution in [3.8, 4) is 50.9 Å². The van der Waals surface area contributed by atoms with E-state index in [-0.39, 0.29) is 17.3 Å². The van der Waals surface area contributed by atoms with Crippen LogP contribution in [0.25, 0.3) is 72.3 Å². The van der Waals surface area contributed by atoms with E-state index in [9.17, 15) is 0 Å². The van der Waals surface area contributed by atoms with E-state index in [4.69, 9.17) is 9.72 Å². The van der Waals surface area contributed by atoms with Crippen molar-refractivity contribution in [3.05, 3.63) is 270 Å². The molecule has 3 aliphatic carbocycles. The Balaban J connectivity index is 0.908. The van der Waals surface area contributed by atoms with E-state index < -0.39 is 0 Å². The number of para-hydroxylation sites is 3. The van der Waals surface area contributed by atoms with Crippen LogP contribution in [0.3, 0.4) is 0 Å². The lowest BCUT2D eigenvalue weighted by molar-refractivity contribution is -0.566. The van der Waals surface area contributed by atoms with Gasteiger partial charge >= 0.3 is 0 Å². The first-order valence-electron chi connectivity index (χ1n) is 24.7. The molecule has 9 aromatic carbocycles. The van der Waals surface area contributed by atoms with Crippen LogP contribution in [0.15, 0.2) is 231 Å². The normalized spacial score (nSPS) is 14.7. The molecule has 71 heavy (non-hydrogen) atoms. The van der Waals surface area contributed by atoms with Gasteiger partial charge in [0.15, 0.2) is 11.0 Å². The van der Waals surface area contributed by atoms with Gasteiger partial charge in [0.2, 0.25) is 0 Å². The molecule has 3 aliphatic rings. The zero-order valence-corrected chi connectivity index (χ0v) is 39.8. The second-order valence-corrected chi connectivity index (χ2v) is 20.2. The summed E-state index contributed by atoms with van der Waals surface area (Å²) in [7, 11) is 0. The molecule has 3 aromatic heterocycles. The van der Waals surface area contributed by atoms with Gasteiger partial charge in [-0.05, 0) is 116 Å². The van der Waals surface area contributed by atoms with Gasteiger partial charge in [0.25, 0.3) is 6.33 Å². The van der Waals surface area contributed by atoms with E-state index in [1.54, 1.807) is 0 Å². The van der Waals surface area contributed by atoms with Crippen molar-refractivity contribution in [2.24, 2.45) is 0 Å². The molecule has 5 heteroatoms. The van der Waals surface area contributed by atoms with Gasteiger partial charge in [-0.15, -0.1) is 0 Å². The van der Waals surface area contributed by atoms with Crippen LogP contribution in [0, 0.1) is 0 Å². The Bertz CT molecular complexity index is 3980. The fourth-order valence-electron chi connectivity index (χ4n) is 11.8. The first-order chi connectivity index (χ1) is 34.9. The third-order valence-electron chi connectivity index (χ3n) is 15.1. The highest BCUT2D eigenvalue weighted by Crippen LogP contribution is 2.57. The number of benzene rings is 9. The summed E-state index contributed by atoms with van der Waals surface area (Å²) in [4.78, 5) is 5.10. The van der Waals surface area contributed by atoms with Crippen LogP contribution in [-0.4, -0.2) is 14.1 Å². The second-order valence-electron chi connectivity index (χ2n) is 20.2. The van der Waals surface area contributed by atoms with Crippen LogP contribution in [-0.2, 0) is 5.41 Å². The van der Waals surface area contributed by atoms with E-state index in [0.717, 1.165) is 73.0 Å². The van der Waals surface area contributed by atoms with Gasteiger partial charge in [-0.1, -0.05) is 166 Å². The third-order valence-corrected chi connectivity index (χ3v) is 15.1. The minimum atomic E-state index is -0.0543. The minimum absolute atomic E-state index is 0.0543. The summed E-state index contributed by atoms with van der Waals surface area (Å²) in [6, 6.07) is 79.2. The highest BCUT2D eigenvalue weighted by Gasteiger charge is 2.41. The van der Waals surface area contributed by atoms with Gasteiger partial charge in [0.05, 0.1) is 11.0 Å². The molecule has 0 N–H and O–H groups in total. The Morgan fingerprint density at radius 1 is 0.465 bits per heavy atom. The number of nitrogens with zero attached hydrogens (tertiary/aromatic N) is 4. The first-order valence-corrected chi connectivity index (χ1v) is 24.7. The zero-order chi connectivity index (χ0) is 47.4. The Hall–Kier alpha value is -8.80. The summed E-state index contributed by atoms with van der Waals surface area (Å²) in [5.41, 5.74) is 20.8. The maximum Gasteiger partial charge on any atom is 0.255 e. The van der Waals surface area contributed by atoms with Crippen LogP contribution in [0.1, 0.15) is 71.6 Å². The molecule has 0 aliphatic heterocycles. The van der Waals surface area contributed by atoms with Crippen molar-refractivity contribution < 1.29 is 9.30 Å². The predicted molar refractivity (Wildman–Crippen MR) is 288 cm³/mol. The number of rotatable bonds is 7. The van der Waals surface area contributed by atoms with Crippen molar-refractivity contribution >= 4 is 32.8 Å². The van der Waals surface area contributed by atoms with Crippen molar-refractivity contribution in [2.75, 3.05) is 0 Å². The van der Waals surface area contributed by atoms with E-state index in [0.29, 0.717) is 0 Å². The smallest absolute Gasteiger partial charge is 0.255 e. The highest BCUT2D eigenvalue weighted by molar-refractivity contribution is 6.10. The molecule has 12 aromatic rings. The summed E-state index contributed by atoms with van der Waals surface area (Å²) in [5.74, 6) is 2.75. The van der Waals surface area contributed by atoms with Crippen molar-refractivity contribution in [3.63, 3.8) is 0 Å². The number of hydrogen-bond donors (Lipinski definition) is 0. The van der Waals surface area contributed by atoms with Gasteiger partial charge < -0.3 is 4.74 Å². The molecule has 5 nitrogen and oxygen atoms in total. The molecule has 338 valence electrons. The van der Waals surface area contributed by atoms with E-state index in [2.05, 4.69) is 259 Å². The largest absolute Gasteiger partial charge is 0.457 e. The third kappa shape index (κ3) is 6.53. The lowest BCUT2D eigenvalue weighted by Crippen LogP contribution is -2.30. The maximum absolute atomic E-state index is 6.95. The Labute approximate surface area is 413 Å². The molecule has 0 fully saturated rings. The first kappa shape index (κ1) is 41.2. The number of ether oxygens (including phenoxy) is 1. The number of aromatic nitrogens is 4. The minimum Gasteiger partial charge on any atom is -0.457 e. The second kappa shape index (κ2) is 15.9. The standard InChI is InChI=1S/C66H49N4O/c1-66(2,3)44-34-35-67-62(36-44)70-60-38-47(32-33-50(60)55-39-56-57(40-61(55)70)64-53-26-12-10-24-51(53)63(56)52-25-11-13-27-54(52)64)71-46-23-16-22-45(37-46)68-41-69(59-31-15-14-30-58(59)68)65-48(42-18-6-4-7-19-42)28-17-29-49(65)43-20-8-5-9-21-43/h4-41,63-64H,1-3H3/q+1. The lowest BCUT2D eigenvalue weighted by Gasteiger charge is -2.42. The topological polar surface area (TPSA) is 35.9 Å². The monoisotopic (exact) mass is 913 g/mol. The fourth-order valence-corrected chi connectivity index (χ4v) is 11.8. The maximum atomic E-state index is 6.95. The van der Waals surface area contributed by atoms with Crippen LogP contribution in [0.2, 0.25) is 0 Å². The lowest BCUT2D eigenvalue weighted by atomic mass is 9.61. The zero-order valence-electron chi connectivity index (χ0n) is 39.8. The SMILES string of the molecule is CC(C)(C)c1ccnc(-n2c3cc(Oc4cccc(-n5c[n+](-c6c(-c7ccccc7)cccc6-c6ccccc6)c6ccccc65)c4)ccc3c3cc4c(cc32)C2c3ccccc3C4c3ccccc32)c1. The number of hydrogen-bond acceptors (Lipinski definition) is 2. The van der Waals surface area contributed by atoms with Crippen molar-refractivity contribution in [1.29, 1.82) is 0 Å². The van der Waals surface area contributed by atoms with Gasteiger partial charge in [0.1, 0.15) is 28.7 Å². The number of pyridine rings is 1. The number of fused-ring (bicyclic) bond motifs is 4. The van der Waals surface area contributed by atoms with E-state index in [1.807, 2.05) is 6.20 Å². The fraction of sp³-hybridized carbons (Fsp3) is 0.0909. The Kier molecular flexibility index (Phi) is 9.21. The summed E-state index contributed by atoms with van der Waals surface area (Å²) >= 11 is 0. The molecule has 0 spiro atoms. The summed E-state index contributed by atoms with van der Waals surface area (Å²) < 4.78 is 13.9. The molecular weight excluding hydrogens is 865 g/mol. The molecule has 0 atom stereocenters. The molecule has 0 saturated heterocycles. The highest BCUT2D eigenvalue weighted by atomic mass is 16.5. The molecule has 0 amide bonds. The van der Waals surface area contributed by atoms with Crippen molar-refractivity contribution in [2.45, 2.75) is 38.0 Å². The van der Waals surface area contributed by atoms with Gasteiger partial charge in [-0.3, -0.25) is 4.57 Å². The Morgan fingerprint density at radius 2 is 1.04 bits per heavy atom. The molecule has 0 unspecified atom stereocenters. The number of imidazole rings is 1. The molecule has 3 heterocycles. The molecule has 15 rings (SSSR count). The summed E-state index contributed by atoms with van der Waals surface area (Å²) in [5, 5.41) is 2.39. The molecule has 0 radical (unpaired) electrons. The van der Waals surface area contributed by atoms with Gasteiger partial charge in [0, 0.05) is 52.1 Å². The van der Waals surface area contributed by atoms with Crippen LogP contribution in [0.5, 0.6) is 11.5 Å². The van der Waals surface area contributed by atoms with E-state index >= 15 is 0 Å². The van der Waals surface area contributed by atoms with Gasteiger partial charge in [-0.2, -0.15) is 9.13 Å². The van der Waals surface area contributed by atoms with Crippen LogP contribution < -0.4 is 9.30 Å². The van der Waals surface area contributed by atoms with Crippen LogP contribution >= 0.6 is 0 Å². The quantitative estimate of drug-likeness (QED) is 0.149. The Morgan fingerprint density at radius 3 is 1.70 bits per heavy atom. The summed E-state index contributed by atoms with van der Waals surface area (Å²) in [6.07, 6.45) is 4.19. The molecular formula is C66H49N4O+. The predicted octanol–water partition coefficient (Wildman–Crippen LogP) is 15.8. The average Bonchev–Trinajstić information content (AvgIpc) is 3.96. The van der Waals surface area contributed by atoms with E-state index in [1.165, 1.54) is 49.7 Å². The van der Waals surface area contributed by atoms with Crippen LogP contribution in [0.4, 0.5) is 0 Å².